The maximum atomic E-state index is 15.1. The number of amides is 9. The Hall–Kier alpha value is -10.2. The fourth-order valence-electron chi connectivity index (χ4n) is 12.1. The van der Waals surface area contributed by atoms with Crippen molar-refractivity contribution in [2.45, 2.75) is 226 Å². The molecule has 108 heavy (non-hydrogen) atoms. The first-order valence-corrected chi connectivity index (χ1v) is 37.1. The summed E-state index contributed by atoms with van der Waals surface area (Å²) in [5.74, 6) is -9.82. The highest BCUT2D eigenvalue weighted by molar-refractivity contribution is 5.99. The number of aromatic nitrogens is 4. The van der Waals surface area contributed by atoms with Gasteiger partial charge < -0.3 is 105 Å². The van der Waals surface area contributed by atoms with E-state index in [9.17, 15) is 59.0 Å². The second-order valence-corrected chi connectivity index (χ2v) is 29.1. The van der Waals surface area contributed by atoms with Crippen LogP contribution >= 0.6 is 0 Å². The summed E-state index contributed by atoms with van der Waals surface area (Å²) in [5, 5.41) is 77.3. The lowest BCUT2D eigenvalue weighted by Gasteiger charge is -2.32. The molecule has 0 saturated carbocycles. The summed E-state index contributed by atoms with van der Waals surface area (Å²) in [4.78, 5) is 163. The number of benzene rings is 1. The number of carbonyl (C=O) groups is 10. The molecule has 35 heteroatoms. The molecule has 1 fully saturated rings. The van der Waals surface area contributed by atoms with Crippen LogP contribution in [0.1, 0.15) is 164 Å². The van der Waals surface area contributed by atoms with Crippen LogP contribution in [0, 0.1) is 29.6 Å². The summed E-state index contributed by atoms with van der Waals surface area (Å²) in [7, 11) is 0. The predicted molar refractivity (Wildman–Crippen MR) is 407 cm³/mol. The van der Waals surface area contributed by atoms with Crippen LogP contribution in [0.5, 0.6) is 5.75 Å². The highest BCUT2D eigenvalue weighted by Gasteiger charge is 2.42. The number of hydrogen-bond donors (Lipinski definition) is 19. The Morgan fingerprint density at radius 1 is 0.657 bits per heavy atom. The van der Waals surface area contributed by atoms with Gasteiger partial charge in [-0.1, -0.05) is 97.3 Å². The third-order valence-electron chi connectivity index (χ3n) is 19.5. The van der Waals surface area contributed by atoms with Gasteiger partial charge in [0, 0.05) is 62.7 Å². The van der Waals surface area contributed by atoms with Gasteiger partial charge in [0.25, 0.3) is 0 Å². The van der Waals surface area contributed by atoms with Gasteiger partial charge in [-0.25, -0.2) is 14.8 Å². The van der Waals surface area contributed by atoms with Crippen LogP contribution in [0.2, 0.25) is 0 Å². The predicted octanol–water partition coefficient (Wildman–Crippen LogP) is 1.22. The van der Waals surface area contributed by atoms with E-state index in [0.717, 1.165) is 0 Å². The molecule has 21 N–H and O–H groups in total. The van der Waals surface area contributed by atoms with E-state index in [2.05, 4.69) is 100 Å². The number of H-pyrrole nitrogens is 2. The Labute approximate surface area is 632 Å². The number of aromatic amines is 2. The number of phenolic OH excluding ortho intramolecular Hbond substituents is 1. The second kappa shape index (κ2) is 45.5. The number of aliphatic imine (C=N–C) groups is 1. The maximum absolute atomic E-state index is 15.1. The molecule has 2 aromatic heterocycles. The molecule has 1 aliphatic heterocycles. The van der Waals surface area contributed by atoms with E-state index in [1.54, 1.807) is 81.4 Å². The number of aliphatic carboxylic acids is 1. The molecule has 0 radical (unpaired) electrons. The minimum atomic E-state index is -1.44. The number of carboxylic acid groups (broad SMARTS) is 1. The molecule has 1 aromatic carbocycles. The molecule has 3 aromatic rings. The number of carboxylic acids is 1. The van der Waals surface area contributed by atoms with Crippen molar-refractivity contribution < 1.29 is 68.6 Å². The van der Waals surface area contributed by atoms with Crippen LogP contribution in [0.3, 0.4) is 0 Å². The van der Waals surface area contributed by atoms with Crippen LogP contribution in [0.15, 0.2) is 76.9 Å². The molecule has 1 aliphatic rings. The number of nitrogens with zero attached hydrogens (tertiary/aromatic N) is 6. The Bertz CT molecular complexity index is 3490. The summed E-state index contributed by atoms with van der Waals surface area (Å²) in [5.41, 5.74) is 13.3. The number of likely N-dealkylation sites (tertiary alicyclic amines) is 1. The first-order chi connectivity index (χ1) is 51.1. The van der Waals surface area contributed by atoms with Crippen LogP contribution in [-0.2, 0) is 67.2 Å². The molecule has 600 valence electrons. The number of hydrogen-bond acceptors (Lipinski definition) is 21. The van der Waals surface area contributed by atoms with Gasteiger partial charge in [0.2, 0.25) is 53.2 Å². The first-order valence-electron chi connectivity index (χ1n) is 37.1. The molecule has 9 amide bonds. The molecular formula is C73H119N21O14. The lowest BCUT2D eigenvalue weighted by molar-refractivity contribution is -0.143. The zero-order valence-corrected chi connectivity index (χ0v) is 64.6. The largest absolute Gasteiger partial charge is 0.508 e. The number of carbonyl (C=O) groups excluding carboxylic acids is 9. The van der Waals surface area contributed by atoms with Crippen molar-refractivity contribution in [3.05, 3.63) is 78.5 Å². The van der Waals surface area contributed by atoms with E-state index in [0.29, 0.717) is 92.2 Å². The summed E-state index contributed by atoms with van der Waals surface area (Å²) in [6.45, 7) is 26.5. The Morgan fingerprint density at radius 3 is 1.73 bits per heavy atom. The molecule has 0 bridgehead atoms. The number of allylic oxidation sites excluding steroid dienone is 1. The van der Waals surface area contributed by atoms with Crippen molar-refractivity contribution in [2.75, 3.05) is 39.3 Å². The van der Waals surface area contributed by atoms with Crippen molar-refractivity contribution >= 4 is 76.5 Å². The average molecular weight is 1510 g/mol. The Balaban J connectivity index is 1.57. The van der Waals surface area contributed by atoms with Gasteiger partial charge in [-0.05, 0) is 139 Å². The van der Waals surface area contributed by atoms with Crippen molar-refractivity contribution in [2.24, 2.45) is 56.4 Å². The summed E-state index contributed by atoms with van der Waals surface area (Å²) >= 11 is 0. The Morgan fingerprint density at radius 2 is 1.19 bits per heavy atom. The monoisotopic (exact) mass is 1510 g/mol. The minimum Gasteiger partial charge on any atom is -0.508 e. The fourth-order valence-corrected chi connectivity index (χ4v) is 12.1. The van der Waals surface area contributed by atoms with E-state index >= 15 is 9.59 Å². The number of oxime groups is 2. The van der Waals surface area contributed by atoms with Crippen LogP contribution < -0.4 is 70.0 Å². The highest BCUT2D eigenvalue weighted by Crippen LogP contribution is 2.23. The number of phenols is 1. The third-order valence-corrected chi connectivity index (χ3v) is 19.5. The van der Waals surface area contributed by atoms with Crippen LogP contribution in [-0.4, -0.2) is 221 Å². The van der Waals surface area contributed by atoms with E-state index in [4.69, 9.17) is 11.5 Å². The van der Waals surface area contributed by atoms with Crippen molar-refractivity contribution in [1.29, 1.82) is 0 Å². The number of guanidine groups is 1. The average Bonchev–Trinajstić information content (AvgIpc) is 1.55. The van der Waals surface area contributed by atoms with Gasteiger partial charge in [0.15, 0.2) is 5.96 Å². The zero-order chi connectivity index (χ0) is 80.4. The minimum absolute atomic E-state index is 0.0377. The number of nitrogens with one attached hydrogen (secondary N) is 13. The lowest BCUT2D eigenvalue weighted by atomic mass is 9.95. The molecule has 3 heterocycles. The van der Waals surface area contributed by atoms with Gasteiger partial charge in [0.05, 0.1) is 41.9 Å². The normalized spacial score (nSPS) is 16.4. The lowest BCUT2D eigenvalue weighted by Crippen LogP contribution is -2.62. The number of imidazole rings is 2. The van der Waals surface area contributed by atoms with E-state index in [-0.39, 0.29) is 88.1 Å². The molecule has 12 atom stereocenters. The van der Waals surface area contributed by atoms with E-state index < -0.39 is 137 Å². The SMILES string of the molecule is C=C(NCCC(CCNCC(=O)N[C@@H](CCCN=C(N)N)C(=O)N[C@H](C(=O)N[C@@H](Cc1ccc(O)cc1)C(=O)N[C@H](C(=O)N[C@@H](Cc1cnc[nH]1)C(=O)N1CCC[C@H]1C(=O)N[C@H](C(=O)N[C@@H](Cc1cnc[nH]1)C(=O)N[C@@H](CC(C)C)C(=O)O)C(C)CC)C(C)CC)C(C)C)CCNC(C)(C)/C(C)=N\O)/C(C)=N\O. The van der Waals surface area contributed by atoms with Gasteiger partial charge in [-0.2, -0.15) is 0 Å². The van der Waals surface area contributed by atoms with Crippen molar-refractivity contribution in [3.8, 4) is 5.75 Å². The highest BCUT2D eigenvalue weighted by atomic mass is 16.4. The standard InChI is InChI=1S/C73H119N21O14/c1-14-43(7)61(69(103)87-56(35-51-37-78-40-82-51)70(104)94-31-17-19-58(94)66(100)91-62(44(8)15-2)68(102)86-55(34-50-36-77-39-81-50)64(98)88-57(71(105)106)32-41(3)4)90-65(99)54(33-49-20-22-52(95)23-21-49)85-67(101)60(42(5)6)89-63(97)53(18-16-27-80-72(74)75)84-59(96)38-76-28-24-48(25-29-79-45(9)46(10)92-107)26-30-83-73(12,13)47(11)93-108/h20-23,36-37,39-44,48,53-58,60-62,76,79,83,95,107-108H,9,14-19,24-35,38H2,1-8,10-13H3,(H,77,81)(H,78,82)(H,84,96)(H,85,101)(H,86,102)(H,87,103)(H,88,98)(H,89,97)(H,90,99)(H,91,100)(H,105,106)(H4,74,75,80)/b92-46-,93-47-/t43?,44?,48?,53-,54-,55-,56-,57-,58-,60-,61-,62-/m0/s1. The molecule has 4 rings (SSSR count). The number of rotatable bonds is 49. The third kappa shape index (κ3) is 30.2. The van der Waals surface area contributed by atoms with Crippen LogP contribution in [0.4, 0.5) is 0 Å². The Kier molecular flexibility index (Phi) is 38.0. The molecule has 0 aliphatic carbocycles. The van der Waals surface area contributed by atoms with Gasteiger partial charge in [0.1, 0.15) is 60.1 Å². The zero-order valence-electron chi connectivity index (χ0n) is 64.6. The van der Waals surface area contributed by atoms with Gasteiger partial charge in [-0.3, -0.25) is 48.1 Å². The molecule has 1 saturated heterocycles. The smallest absolute Gasteiger partial charge is 0.326 e. The number of aromatic hydroxyl groups is 1. The van der Waals surface area contributed by atoms with E-state index in [1.165, 1.54) is 42.1 Å². The second-order valence-electron chi connectivity index (χ2n) is 29.1. The molecule has 3 unspecified atom stereocenters. The molecule has 35 nitrogen and oxygen atoms in total. The molecular weight excluding hydrogens is 1390 g/mol. The first kappa shape index (κ1) is 90.2. The summed E-state index contributed by atoms with van der Waals surface area (Å²) in [6, 6.07) is -5.79. The van der Waals surface area contributed by atoms with Gasteiger partial charge in [-0.15, -0.1) is 0 Å². The topological polar surface area (TPSA) is 534 Å². The summed E-state index contributed by atoms with van der Waals surface area (Å²) < 4.78 is 0. The fraction of sp³-hybridized carbons (Fsp3) is 0.630. The molecule has 0 spiro atoms. The quantitative estimate of drug-likeness (QED) is 0.0124. The van der Waals surface area contributed by atoms with Crippen molar-refractivity contribution in [3.63, 3.8) is 0 Å². The van der Waals surface area contributed by atoms with Gasteiger partial charge >= 0.3 is 5.97 Å². The number of nitrogens with two attached hydrogens (primary N) is 2. The van der Waals surface area contributed by atoms with Crippen molar-refractivity contribution in [1.82, 2.24) is 83.3 Å². The van der Waals surface area contributed by atoms with Crippen LogP contribution in [0.25, 0.3) is 0 Å². The summed E-state index contributed by atoms with van der Waals surface area (Å²) in [6.07, 6.45) is 8.88. The maximum Gasteiger partial charge on any atom is 0.326 e. The van der Waals surface area contributed by atoms with E-state index in [1.807, 2.05) is 13.8 Å².